The van der Waals surface area contributed by atoms with Crippen LogP contribution in [-0.4, -0.2) is 29.9 Å². The second kappa shape index (κ2) is 5.52. The summed E-state index contributed by atoms with van der Waals surface area (Å²) in [5, 5.41) is 9.82. The molecule has 1 unspecified atom stereocenters. The lowest BCUT2D eigenvalue weighted by atomic mass is 10.1. The molecule has 2 nitrogen and oxygen atoms in total. The summed E-state index contributed by atoms with van der Waals surface area (Å²) in [4.78, 5) is 3.29. The highest BCUT2D eigenvalue weighted by Gasteiger charge is 2.14. The molecule has 5 heteroatoms. The van der Waals surface area contributed by atoms with Crippen LogP contribution in [-0.2, 0) is 26.2 Å². The van der Waals surface area contributed by atoms with E-state index in [0.29, 0.717) is 5.75 Å². The molecule has 0 amide bonds. The van der Waals surface area contributed by atoms with Crippen molar-refractivity contribution in [2.45, 2.75) is 6.54 Å². The van der Waals surface area contributed by atoms with E-state index < -0.39 is 0 Å². The van der Waals surface area contributed by atoms with Gasteiger partial charge in [0, 0.05) is 22.8 Å². The van der Waals surface area contributed by atoms with Gasteiger partial charge in [-0.1, -0.05) is 22.9 Å². The average Bonchev–Trinajstić information content (AvgIpc) is 2.67. The van der Waals surface area contributed by atoms with Crippen molar-refractivity contribution in [3.05, 3.63) is 35.4 Å². The van der Waals surface area contributed by atoms with Crippen LogP contribution < -0.4 is 0 Å². The summed E-state index contributed by atoms with van der Waals surface area (Å²) in [6.45, 7) is 0.741. The highest BCUT2D eigenvalue weighted by molar-refractivity contribution is 8.86. The van der Waals surface area contributed by atoms with Crippen LogP contribution in [0.2, 0.25) is 0 Å². The first-order chi connectivity index (χ1) is 8.08. The number of benzene rings is 1. The van der Waals surface area contributed by atoms with Gasteiger partial charge < -0.3 is 10.0 Å². The molecule has 0 aromatic heterocycles. The van der Waals surface area contributed by atoms with Gasteiger partial charge in [-0.2, -0.15) is 0 Å². The molecule has 92 valence electrons. The van der Waals surface area contributed by atoms with Crippen LogP contribution in [0.1, 0.15) is 11.1 Å². The zero-order chi connectivity index (χ0) is 12.4. The molecule has 0 radical (unpaired) electrons. The van der Waals surface area contributed by atoms with Crippen molar-refractivity contribution in [3.63, 3.8) is 0 Å². The minimum atomic E-state index is -0.123. The van der Waals surface area contributed by atoms with E-state index >= 15 is 0 Å². The van der Waals surface area contributed by atoms with E-state index in [0.717, 1.165) is 23.4 Å². The van der Waals surface area contributed by atoms with E-state index in [1.807, 2.05) is 25.1 Å². The van der Waals surface area contributed by atoms with Crippen molar-refractivity contribution in [1.29, 1.82) is 0 Å². The number of hydrogen-bond acceptors (Lipinski definition) is 4. The number of rotatable bonds is 3. The lowest BCUT2D eigenvalue weighted by molar-refractivity contribution is 0.386. The van der Waals surface area contributed by atoms with Crippen LogP contribution in [0.4, 0.5) is 0 Å². The third-order valence-corrected chi connectivity index (χ3v) is 6.75. The molecule has 0 saturated heterocycles. The first kappa shape index (κ1) is 13.1. The summed E-state index contributed by atoms with van der Waals surface area (Å²) in [6, 6.07) is 5.78. The van der Waals surface area contributed by atoms with Gasteiger partial charge in [0.1, 0.15) is 5.75 Å². The van der Waals surface area contributed by atoms with Crippen molar-refractivity contribution >= 4 is 35.4 Å². The molecule has 1 aromatic carbocycles. The second-order valence-corrected chi connectivity index (χ2v) is 8.99. The molecular weight excluding hydrogens is 270 g/mol. The van der Waals surface area contributed by atoms with Gasteiger partial charge in [0.15, 0.2) is 0 Å². The number of hydrogen-bond donors (Lipinski definition) is 1. The van der Waals surface area contributed by atoms with Gasteiger partial charge in [-0.3, -0.25) is 0 Å². The van der Waals surface area contributed by atoms with Gasteiger partial charge in [0.25, 0.3) is 0 Å². The van der Waals surface area contributed by atoms with Crippen molar-refractivity contribution in [2.75, 3.05) is 19.8 Å². The SMILES string of the molecule is CN(C)Cc1cc(C2=CCSS2=S)ccc1O. The summed E-state index contributed by atoms with van der Waals surface area (Å²) in [6.07, 6.45) is 2.20. The van der Waals surface area contributed by atoms with Crippen molar-refractivity contribution in [2.24, 2.45) is 0 Å². The van der Waals surface area contributed by atoms with Gasteiger partial charge >= 0.3 is 0 Å². The lowest BCUT2D eigenvalue weighted by Crippen LogP contribution is -2.11. The van der Waals surface area contributed by atoms with Gasteiger partial charge in [-0.15, -0.1) is 0 Å². The van der Waals surface area contributed by atoms with Crippen LogP contribution in [0.15, 0.2) is 24.3 Å². The Bertz CT molecular complexity index is 483. The fourth-order valence-electron chi connectivity index (χ4n) is 1.72. The van der Waals surface area contributed by atoms with Crippen LogP contribution in [0, 0.1) is 0 Å². The molecule has 0 aliphatic carbocycles. The third kappa shape index (κ3) is 3.10. The highest BCUT2D eigenvalue weighted by Crippen LogP contribution is 2.34. The van der Waals surface area contributed by atoms with Crippen LogP contribution in [0.5, 0.6) is 5.75 Å². The van der Waals surface area contributed by atoms with Crippen molar-refractivity contribution in [3.8, 4) is 5.75 Å². The number of nitrogens with zero attached hydrogens (tertiary/aromatic N) is 1. The van der Waals surface area contributed by atoms with E-state index in [4.69, 9.17) is 11.2 Å². The summed E-state index contributed by atoms with van der Waals surface area (Å²) < 4.78 is 0. The van der Waals surface area contributed by atoms with Gasteiger partial charge in [0.2, 0.25) is 0 Å². The Morgan fingerprint density at radius 1 is 1.47 bits per heavy atom. The summed E-state index contributed by atoms with van der Waals surface area (Å²) in [7, 11) is 5.67. The Labute approximate surface area is 113 Å². The number of aromatic hydroxyl groups is 1. The zero-order valence-corrected chi connectivity index (χ0v) is 12.3. The Morgan fingerprint density at radius 3 is 2.82 bits per heavy atom. The molecule has 1 aromatic rings. The van der Waals surface area contributed by atoms with Gasteiger partial charge in [0.05, 0.1) is 0 Å². The predicted octanol–water partition coefficient (Wildman–Crippen LogP) is 2.54. The maximum absolute atomic E-state index is 9.82. The molecule has 1 N–H and O–H groups in total. The predicted molar refractivity (Wildman–Crippen MR) is 80.7 cm³/mol. The topological polar surface area (TPSA) is 23.5 Å². The zero-order valence-electron chi connectivity index (χ0n) is 9.84. The van der Waals surface area contributed by atoms with Crippen LogP contribution in [0.25, 0.3) is 4.91 Å². The Morgan fingerprint density at radius 2 is 2.24 bits per heavy atom. The van der Waals surface area contributed by atoms with E-state index in [1.165, 1.54) is 4.91 Å². The molecular formula is C12H15NOS3. The Balaban J connectivity index is 2.34. The molecule has 17 heavy (non-hydrogen) atoms. The fraction of sp³-hybridized carbons (Fsp3) is 0.333. The first-order valence-corrected chi connectivity index (χ1v) is 8.95. The molecule has 0 spiro atoms. The lowest BCUT2D eigenvalue weighted by Gasteiger charge is -2.13. The third-order valence-electron chi connectivity index (χ3n) is 2.47. The Hall–Kier alpha value is -0.360. The summed E-state index contributed by atoms with van der Waals surface area (Å²) in [5.41, 5.74) is 2.11. The van der Waals surface area contributed by atoms with Crippen molar-refractivity contribution in [1.82, 2.24) is 4.90 Å². The van der Waals surface area contributed by atoms with E-state index in [9.17, 15) is 5.11 Å². The molecule has 1 aliphatic rings. The van der Waals surface area contributed by atoms with Crippen molar-refractivity contribution < 1.29 is 5.11 Å². The summed E-state index contributed by atoms with van der Waals surface area (Å²) in [5.74, 6) is 1.37. The van der Waals surface area contributed by atoms with E-state index in [1.54, 1.807) is 16.9 Å². The molecule has 0 saturated carbocycles. The molecule has 0 fully saturated rings. The minimum absolute atomic E-state index is 0.123. The standard InChI is InChI=1S/C12H15NOS3/c1-13(2)8-10-7-9(3-4-11(10)14)12-5-6-16-17(12)15/h3-5,7,14H,6,8H2,1-2H3. The highest BCUT2D eigenvalue weighted by atomic mass is 33.3. The van der Waals surface area contributed by atoms with E-state index in [-0.39, 0.29) is 8.49 Å². The maximum atomic E-state index is 9.82. The summed E-state index contributed by atoms with van der Waals surface area (Å²) >= 11 is 5.42. The monoisotopic (exact) mass is 285 g/mol. The molecule has 0 bridgehead atoms. The largest absolute Gasteiger partial charge is 0.508 e. The second-order valence-electron chi connectivity index (χ2n) is 4.17. The Kier molecular flexibility index (Phi) is 4.25. The number of phenolic OH excluding ortho intramolecular Hbond substituents is 1. The molecule has 1 aliphatic heterocycles. The average molecular weight is 285 g/mol. The van der Waals surface area contributed by atoms with Crippen LogP contribution >= 0.6 is 10.8 Å². The normalized spacial score (nSPS) is 19.7. The maximum Gasteiger partial charge on any atom is 0.120 e. The number of phenols is 1. The minimum Gasteiger partial charge on any atom is -0.508 e. The molecule has 2 rings (SSSR count). The quantitative estimate of drug-likeness (QED) is 0.862. The fourth-order valence-corrected chi connectivity index (χ4v) is 5.29. The van der Waals surface area contributed by atoms with Crippen LogP contribution in [0.3, 0.4) is 0 Å². The smallest absolute Gasteiger partial charge is 0.120 e. The van der Waals surface area contributed by atoms with Gasteiger partial charge in [-0.25, -0.2) is 0 Å². The first-order valence-electron chi connectivity index (χ1n) is 5.30. The van der Waals surface area contributed by atoms with Gasteiger partial charge in [-0.05, 0) is 51.5 Å². The molecule has 1 atom stereocenters. The molecule has 1 heterocycles. The van der Waals surface area contributed by atoms with E-state index in [2.05, 4.69) is 12.1 Å².